The molecule has 0 radical (unpaired) electrons. The van der Waals surface area contributed by atoms with Crippen molar-refractivity contribution in [2.45, 2.75) is 13.8 Å². The van der Waals surface area contributed by atoms with Gasteiger partial charge in [0.15, 0.2) is 0 Å². The second-order valence-electron chi connectivity index (χ2n) is 4.16. The molecule has 0 fully saturated rings. The molecule has 0 saturated carbocycles. The van der Waals surface area contributed by atoms with Gasteiger partial charge in [0.05, 0.1) is 0 Å². The standard InChI is InChI=1S/C16H16/c1-5-11(2)15-13(4)9-10-14-8-6-7-12(3)16(14)15/h5-10H,1,4H2,2-3H3/b15-11+. The Morgan fingerprint density at radius 2 is 1.94 bits per heavy atom. The zero-order valence-corrected chi connectivity index (χ0v) is 9.88. The molecule has 0 bridgehead atoms. The second-order valence-corrected chi connectivity index (χ2v) is 4.16. The monoisotopic (exact) mass is 208 g/mol. The van der Waals surface area contributed by atoms with Crippen LogP contribution in [0.1, 0.15) is 12.5 Å². The minimum atomic E-state index is 1.07. The Morgan fingerprint density at radius 3 is 2.62 bits per heavy atom. The average Bonchev–Trinajstić information content (AvgIpc) is 2.29. The fraction of sp³-hybridized carbons (Fsp3) is 0.125. The molecule has 0 atom stereocenters. The molecule has 0 heterocycles. The van der Waals surface area contributed by atoms with E-state index < -0.39 is 0 Å². The first-order valence-electron chi connectivity index (χ1n) is 5.46. The van der Waals surface area contributed by atoms with E-state index in [9.17, 15) is 0 Å². The summed E-state index contributed by atoms with van der Waals surface area (Å²) in [6.07, 6.45) is 1.90. The number of rotatable bonds is 1. The number of fused-ring (bicyclic) bond motifs is 1. The van der Waals surface area contributed by atoms with Gasteiger partial charge in [-0.05, 0) is 46.2 Å². The lowest BCUT2D eigenvalue weighted by Crippen LogP contribution is -2.26. The van der Waals surface area contributed by atoms with Gasteiger partial charge >= 0.3 is 0 Å². The molecule has 80 valence electrons. The van der Waals surface area contributed by atoms with Crippen molar-refractivity contribution in [3.8, 4) is 0 Å². The third-order valence-corrected chi connectivity index (χ3v) is 3.04. The van der Waals surface area contributed by atoms with Gasteiger partial charge in [0.2, 0.25) is 0 Å². The molecule has 0 spiro atoms. The van der Waals surface area contributed by atoms with Crippen LogP contribution in [-0.4, -0.2) is 0 Å². The van der Waals surface area contributed by atoms with Gasteiger partial charge in [0.25, 0.3) is 0 Å². The van der Waals surface area contributed by atoms with E-state index in [2.05, 4.69) is 57.3 Å². The molecule has 0 aliphatic carbocycles. The Morgan fingerprint density at radius 1 is 1.19 bits per heavy atom. The first kappa shape index (κ1) is 10.7. The summed E-state index contributed by atoms with van der Waals surface area (Å²) in [6, 6.07) is 10.6. The Balaban J connectivity index is 3.20. The van der Waals surface area contributed by atoms with Crippen LogP contribution < -0.4 is 10.4 Å². The zero-order valence-electron chi connectivity index (χ0n) is 9.88. The molecule has 2 rings (SSSR count). The third kappa shape index (κ3) is 1.57. The van der Waals surface area contributed by atoms with E-state index in [1.165, 1.54) is 27.1 Å². The highest BCUT2D eigenvalue weighted by molar-refractivity contribution is 5.88. The van der Waals surface area contributed by atoms with Crippen molar-refractivity contribution < 1.29 is 0 Å². The Kier molecular flexibility index (Phi) is 2.66. The quantitative estimate of drug-likeness (QED) is 0.676. The topological polar surface area (TPSA) is 0 Å². The van der Waals surface area contributed by atoms with E-state index >= 15 is 0 Å². The Hall–Kier alpha value is -1.82. The molecule has 0 aliphatic heterocycles. The minimum Gasteiger partial charge on any atom is -0.0988 e. The van der Waals surface area contributed by atoms with Gasteiger partial charge in [-0.1, -0.05) is 49.6 Å². The largest absolute Gasteiger partial charge is 0.0988 e. The summed E-state index contributed by atoms with van der Waals surface area (Å²) in [6.45, 7) is 12.2. The van der Waals surface area contributed by atoms with Crippen molar-refractivity contribution in [1.29, 1.82) is 0 Å². The van der Waals surface area contributed by atoms with E-state index in [4.69, 9.17) is 0 Å². The molecule has 0 nitrogen and oxygen atoms in total. The Bertz CT molecular complexity index is 660. The van der Waals surface area contributed by atoms with Crippen LogP contribution in [0.15, 0.2) is 43.0 Å². The van der Waals surface area contributed by atoms with E-state index in [0.29, 0.717) is 0 Å². The molecule has 0 unspecified atom stereocenters. The van der Waals surface area contributed by atoms with Gasteiger partial charge in [-0.25, -0.2) is 0 Å². The number of aryl methyl sites for hydroxylation is 1. The highest BCUT2D eigenvalue weighted by Gasteiger charge is 2.00. The Labute approximate surface area is 96.2 Å². The smallest absolute Gasteiger partial charge is 0.00737 e. The maximum absolute atomic E-state index is 4.11. The molecule has 0 heteroatoms. The van der Waals surface area contributed by atoms with Crippen LogP contribution in [0.2, 0.25) is 0 Å². The van der Waals surface area contributed by atoms with E-state index in [1.807, 2.05) is 6.08 Å². The summed E-state index contributed by atoms with van der Waals surface area (Å²) in [5, 5.41) is 4.86. The number of benzene rings is 2. The average molecular weight is 208 g/mol. The van der Waals surface area contributed by atoms with Crippen LogP contribution in [0.5, 0.6) is 0 Å². The van der Waals surface area contributed by atoms with Crippen LogP contribution in [0.3, 0.4) is 0 Å². The van der Waals surface area contributed by atoms with Gasteiger partial charge in [0.1, 0.15) is 0 Å². The third-order valence-electron chi connectivity index (χ3n) is 3.04. The maximum atomic E-state index is 4.11. The van der Waals surface area contributed by atoms with Crippen molar-refractivity contribution in [3.05, 3.63) is 59.0 Å². The van der Waals surface area contributed by atoms with E-state index in [-0.39, 0.29) is 0 Å². The van der Waals surface area contributed by atoms with E-state index in [0.717, 1.165) is 5.22 Å². The lowest BCUT2D eigenvalue weighted by Gasteiger charge is -2.05. The highest BCUT2D eigenvalue weighted by atomic mass is 14.0. The lowest BCUT2D eigenvalue weighted by molar-refractivity contribution is 1.47. The fourth-order valence-corrected chi connectivity index (χ4v) is 2.16. The van der Waals surface area contributed by atoms with E-state index in [1.54, 1.807) is 0 Å². The summed E-state index contributed by atoms with van der Waals surface area (Å²) in [5.74, 6) is 0. The molecule has 2 aromatic carbocycles. The van der Waals surface area contributed by atoms with Gasteiger partial charge in [-0.2, -0.15) is 0 Å². The second kappa shape index (κ2) is 3.97. The molecular weight excluding hydrogens is 192 g/mol. The van der Waals surface area contributed by atoms with Crippen molar-refractivity contribution in [3.63, 3.8) is 0 Å². The minimum absolute atomic E-state index is 1.07. The first-order chi connectivity index (χ1) is 7.65. The van der Waals surface area contributed by atoms with Crippen LogP contribution in [0.25, 0.3) is 22.9 Å². The predicted molar refractivity (Wildman–Crippen MR) is 72.7 cm³/mol. The SMILES string of the molecule is C=C/C(C)=c1\c(=C)ccc2cccc(C)c12. The maximum Gasteiger partial charge on any atom is -0.00737 e. The predicted octanol–water partition coefficient (Wildman–Crippen LogP) is 2.92. The molecular formula is C16H16. The summed E-state index contributed by atoms with van der Waals surface area (Å²) in [5.41, 5.74) is 2.48. The summed E-state index contributed by atoms with van der Waals surface area (Å²) < 4.78 is 0. The van der Waals surface area contributed by atoms with Gasteiger partial charge < -0.3 is 0 Å². The van der Waals surface area contributed by atoms with Crippen molar-refractivity contribution in [1.82, 2.24) is 0 Å². The number of hydrogen-bond acceptors (Lipinski definition) is 0. The normalized spacial score (nSPS) is 12.6. The van der Waals surface area contributed by atoms with Gasteiger partial charge in [-0.3, -0.25) is 0 Å². The molecule has 0 aromatic heterocycles. The van der Waals surface area contributed by atoms with Crippen molar-refractivity contribution in [2.75, 3.05) is 0 Å². The van der Waals surface area contributed by atoms with Crippen LogP contribution in [0.4, 0.5) is 0 Å². The highest BCUT2D eigenvalue weighted by Crippen LogP contribution is 2.13. The number of allylic oxidation sites excluding steroid dienone is 1. The summed E-state index contributed by atoms with van der Waals surface area (Å²) in [7, 11) is 0. The number of hydrogen-bond donors (Lipinski definition) is 0. The van der Waals surface area contributed by atoms with Crippen LogP contribution in [-0.2, 0) is 0 Å². The van der Waals surface area contributed by atoms with Crippen LogP contribution in [0, 0.1) is 6.92 Å². The van der Waals surface area contributed by atoms with Crippen LogP contribution >= 0.6 is 0 Å². The molecule has 0 saturated heterocycles. The lowest BCUT2D eigenvalue weighted by atomic mass is 9.99. The van der Waals surface area contributed by atoms with Gasteiger partial charge in [-0.15, -0.1) is 0 Å². The zero-order chi connectivity index (χ0) is 11.7. The molecule has 0 aliphatic rings. The molecule has 0 N–H and O–H groups in total. The fourth-order valence-electron chi connectivity index (χ4n) is 2.16. The molecule has 2 aromatic rings. The summed E-state index contributed by atoms with van der Waals surface area (Å²) >= 11 is 0. The first-order valence-corrected chi connectivity index (χ1v) is 5.46. The van der Waals surface area contributed by atoms with Crippen molar-refractivity contribution in [2.24, 2.45) is 0 Å². The van der Waals surface area contributed by atoms with Gasteiger partial charge in [0, 0.05) is 0 Å². The molecule has 0 amide bonds. The molecule has 16 heavy (non-hydrogen) atoms. The van der Waals surface area contributed by atoms with Crippen molar-refractivity contribution >= 4 is 22.9 Å². The summed E-state index contributed by atoms with van der Waals surface area (Å²) in [4.78, 5) is 0.